The van der Waals surface area contributed by atoms with Gasteiger partial charge in [-0.05, 0) is 29.9 Å². The summed E-state index contributed by atoms with van der Waals surface area (Å²) in [7, 11) is 0. The predicted octanol–water partition coefficient (Wildman–Crippen LogP) is 2.80. The van der Waals surface area contributed by atoms with Gasteiger partial charge in [0.1, 0.15) is 0 Å². The summed E-state index contributed by atoms with van der Waals surface area (Å²) >= 11 is 7.40. The Morgan fingerprint density at radius 1 is 1.33 bits per heavy atom. The van der Waals surface area contributed by atoms with E-state index in [-0.39, 0.29) is 6.10 Å². The maximum absolute atomic E-state index is 9.55. The fraction of sp³-hybridized carbons (Fsp3) is 0.333. The van der Waals surface area contributed by atoms with E-state index in [4.69, 9.17) is 0 Å². The molecule has 66 valence electrons. The lowest BCUT2D eigenvalue weighted by Crippen LogP contribution is -1.97. The normalized spacial score (nSPS) is 12.9. The molecule has 0 amide bonds. The van der Waals surface area contributed by atoms with E-state index in [1.807, 2.05) is 24.3 Å². The molecule has 0 saturated carbocycles. The highest BCUT2D eigenvalue weighted by molar-refractivity contribution is 9.10. The number of hydrogen-bond acceptors (Lipinski definition) is 2. The van der Waals surface area contributed by atoms with Crippen LogP contribution in [-0.4, -0.2) is 10.9 Å². The first kappa shape index (κ1) is 10.1. The minimum Gasteiger partial charge on any atom is -0.388 e. The molecule has 1 aromatic rings. The lowest BCUT2D eigenvalue weighted by atomic mass is 10.1. The molecule has 1 unspecified atom stereocenters. The number of aliphatic hydroxyl groups excluding tert-OH is 1. The lowest BCUT2D eigenvalue weighted by molar-refractivity contribution is 0.175. The molecule has 0 saturated heterocycles. The average Bonchev–Trinajstić information content (AvgIpc) is 2.06. The Labute approximate surface area is 86.3 Å². The van der Waals surface area contributed by atoms with Crippen LogP contribution in [0.4, 0.5) is 0 Å². The molecular formula is C9H11BrOS. The molecule has 1 atom stereocenters. The molecule has 0 aliphatic carbocycles. The summed E-state index contributed by atoms with van der Waals surface area (Å²) in [6.45, 7) is 0. The molecule has 3 heteroatoms. The fourth-order valence-corrected chi connectivity index (χ4v) is 1.48. The minimum atomic E-state index is -0.379. The van der Waals surface area contributed by atoms with Crippen LogP contribution < -0.4 is 0 Å². The van der Waals surface area contributed by atoms with E-state index in [0.29, 0.717) is 12.2 Å². The Hall–Kier alpha value is 0.01000. The van der Waals surface area contributed by atoms with Gasteiger partial charge in [0.2, 0.25) is 0 Å². The van der Waals surface area contributed by atoms with Crippen LogP contribution in [-0.2, 0) is 0 Å². The fourth-order valence-electron chi connectivity index (χ4n) is 0.974. The van der Waals surface area contributed by atoms with Crippen molar-refractivity contribution in [2.45, 2.75) is 12.5 Å². The molecule has 1 nitrogen and oxygen atoms in total. The van der Waals surface area contributed by atoms with E-state index in [2.05, 4.69) is 28.6 Å². The second-order valence-electron chi connectivity index (χ2n) is 2.58. The number of rotatable bonds is 3. The van der Waals surface area contributed by atoms with Gasteiger partial charge >= 0.3 is 0 Å². The van der Waals surface area contributed by atoms with Crippen molar-refractivity contribution in [3.8, 4) is 0 Å². The second-order valence-corrected chi connectivity index (χ2v) is 3.94. The molecule has 1 aromatic carbocycles. The van der Waals surface area contributed by atoms with E-state index in [1.54, 1.807) is 0 Å². The van der Waals surface area contributed by atoms with E-state index in [9.17, 15) is 5.11 Å². The van der Waals surface area contributed by atoms with Crippen LogP contribution in [0.15, 0.2) is 28.7 Å². The Morgan fingerprint density at radius 3 is 2.42 bits per heavy atom. The third-order valence-electron chi connectivity index (χ3n) is 1.66. The topological polar surface area (TPSA) is 20.2 Å². The third-order valence-corrected chi connectivity index (χ3v) is 2.44. The number of thiol groups is 1. The van der Waals surface area contributed by atoms with Crippen molar-refractivity contribution in [1.29, 1.82) is 0 Å². The SMILES string of the molecule is OC(CCS)c1ccc(Br)cc1. The van der Waals surface area contributed by atoms with Crippen molar-refractivity contribution in [2.75, 3.05) is 5.75 Å². The summed E-state index contributed by atoms with van der Waals surface area (Å²) in [4.78, 5) is 0. The highest BCUT2D eigenvalue weighted by atomic mass is 79.9. The smallest absolute Gasteiger partial charge is 0.0797 e. The molecule has 12 heavy (non-hydrogen) atoms. The maximum Gasteiger partial charge on any atom is 0.0797 e. The van der Waals surface area contributed by atoms with Gasteiger partial charge in [-0.15, -0.1) is 0 Å². The minimum absolute atomic E-state index is 0.379. The van der Waals surface area contributed by atoms with Gasteiger partial charge in [0, 0.05) is 4.47 Å². The van der Waals surface area contributed by atoms with Gasteiger partial charge in [-0.2, -0.15) is 12.6 Å². The molecule has 0 spiro atoms. The molecule has 1 rings (SSSR count). The van der Waals surface area contributed by atoms with Crippen molar-refractivity contribution in [3.05, 3.63) is 34.3 Å². The molecule has 0 bridgehead atoms. The Balaban J connectivity index is 2.68. The second kappa shape index (κ2) is 4.90. The average molecular weight is 247 g/mol. The maximum atomic E-state index is 9.55. The number of halogens is 1. The summed E-state index contributed by atoms with van der Waals surface area (Å²) in [6, 6.07) is 7.69. The van der Waals surface area contributed by atoms with Gasteiger partial charge < -0.3 is 5.11 Å². The van der Waals surface area contributed by atoms with Crippen molar-refractivity contribution in [1.82, 2.24) is 0 Å². The zero-order valence-corrected chi connectivity index (χ0v) is 9.05. The monoisotopic (exact) mass is 246 g/mol. The summed E-state index contributed by atoms with van der Waals surface area (Å²) < 4.78 is 1.03. The molecular weight excluding hydrogens is 236 g/mol. The zero-order chi connectivity index (χ0) is 8.97. The van der Waals surface area contributed by atoms with Crippen molar-refractivity contribution in [3.63, 3.8) is 0 Å². The van der Waals surface area contributed by atoms with Crippen LogP contribution in [0.1, 0.15) is 18.1 Å². The van der Waals surface area contributed by atoms with Crippen LogP contribution in [0, 0.1) is 0 Å². The predicted molar refractivity (Wildman–Crippen MR) is 57.6 cm³/mol. The Morgan fingerprint density at radius 2 is 1.92 bits per heavy atom. The van der Waals surface area contributed by atoms with Crippen LogP contribution in [0.2, 0.25) is 0 Å². The molecule has 1 N–H and O–H groups in total. The summed E-state index contributed by atoms with van der Waals surface area (Å²) in [5.41, 5.74) is 0.951. The lowest BCUT2D eigenvalue weighted by Gasteiger charge is -2.08. The summed E-state index contributed by atoms with van der Waals surface area (Å²) in [5.74, 6) is 0.706. The first-order valence-corrected chi connectivity index (χ1v) is 5.21. The molecule has 0 aliphatic rings. The third kappa shape index (κ3) is 2.81. The number of benzene rings is 1. The Kier molecular flexibility index (Phi) is 4.12. The molecule has 0 fully saturated rings. The van der Waals surface area contributed by atoms with Gasteiger partial charge in [-0.25, -0.2) is 0 Å². The highest BCUT2D eigenvalue weighted by Gasteiger charge is 2.04. The van der Waals surface area contributed by atoms with Gasteiger partial charge in [0.25, 0.3) is 0 Å². The van der Waals surface area contributed by atoms with Gasteiger partial charge in [0.15, 0.2) is 0 Å². The van der Waals surface area contributed by atoms with Crippen molar-refractivity contribution < 1.29 is 5.11 Å². The van der Waals surface area contributed by atoms with Crippen LogP contribution in [0.5, 0.6) is 0 Å². The Bertz CT molecular complexity index is 235. The van der Waals surface area contributed by atoms with Crippen LogP contribution in [0.25, 0.3) is 0 Å². The van der Waals surface area contributed by atoms with E-state index in [1.165, 1.54) is 0 Å². The summed E-state index contributed by atoms with van der Waals surface area (Å²) in [6.07, 6.45) is 0.320. The van der Waals surface area contributed by atoms with E-state index in [0.717, 1.165) is 10.0 Å². The van der Waals surface area contributed by atoms with Crippen molar-refractivity contribution in [2.24, 2.45) is 0 Å². The quantitative estimate of drug-likeness (QED) is 0.787. The molecule has 0 aliphatic heterocycles. The van der Waals surface area contributed by atoms with Crippen LogP contribution in [0.3, 0.4) is 0 Å². The number of aliphatic hydroxyl groups is 1. The molecule has 0 radical (unpaired) electrons. The van der Waals surface area contributed by atoms with Crippen molar-refractivity contribution >= 4 is 28.6 Å². The largest absolute Gasteiger partial charge is 0.388 e. The first-order valence-electron chi connectivity index (χ1n) is 3.78. The highest BCUT2D eigenvalue weighted by Crippen LogP contribution is 2.19. The van der Waals surface area contributed by atoms with Gasteiger partial charge in [0.05, 0.1) is 6.10 Å². The van der Waals surface area contributed by atoms with E-state index < -0.39 is 0 Å². The molecule has 0 aromatic heterocycles. The molecule has 0 heterocycles. The number of hydrogen-bond donors (Lipinski definition) is 2. The van der Waals surface area contributed by atoms with Crippen LogP contribution >= 0.6 is 28.6 Å². The van der Waals surface area contributed by atoms with Gasteiger partial charge in [-0.1, -0.05) is 28.1 Å². The first-order chi connectivity index (χ1) is 5.74. The zero-order valence-electron chi connectivity index (χ0n) is 6.57. The van der Waals surface area contributed by atoms with E-state index >= 15 is 0 Å². The standard InChI is InChI=1S/C9H11BrOS/c10-8-3-1-7(2-4-8)9(11)5-6-12/h1-4,9,11-12H,5-6H2. The van der Waals surface area contributed by atoms with Gasteiger partial charge in [-0.3, -0.25) is 0 Å². The summed E-state index contributed by atoms with van der Waals surface area (Å²) in [5, 5.41) is 9.55.